The number of nitrogens with zero attached hydrogens (tertiary/aromatic N) is 3. The topological polar surface area (TPSA) is 84.7 Å². The Morgan fingerprint density at radius 2 is 1.52 bits per heavy atom. The van der Waals surface area contributed by atoms with Gasteiger partial charge < -0.3 is 19.3 Å². The molecule has 250 valence electrons. The quantitative estimate of drug-likeness (QED) is 0.177. The van der Waals surface area contributed by atoms with E-state index in [1.165, 1.54) is 23.5 Å². The van der Waals surface area contributed by atoms with Gasteiger partial charge in [0.2, 0.25) is 0 Å². The summed E-state index contributed by atoms with van der Waals surface area (Å²) in [4.78, 5) is 30.7. The van der Waals surface area contributed by atoms with E-state index in [1.807, 2.05) is 30.3 Å². The Kier molecular flexibility index (Phi) is 10.1. The van der Waals surface area contributed by atoms with Gasteiger partial charge in [0.15, 0.2) is 0 Å². The van der Waals surface area contributed by atoms with E-state index in [0.717, 1.165) is 54.7 Å². The molecular weight excluding hydrogens is 643 g/mol. The maximum absolute atomic E-state index is 13.2. The first-order valence-corrected chi connectivity index (χ1v) is 15.5. The van der Waals surface area contributed by atoms with E-state index < -0.39 is 17.7 Å². The van der Waals surface area contributed by atoms with Crippen molar-refractivity contribution in [1.82, 2.24) is 14.5 Å². The van der Waals surface area contributed by atoms with Crippen LogP contribution >= 0.6 is 12.4 Å². The van der Waals surface area contributed by atoms with Crippen molar-refractivity contribution in [3.05, 3.63) is 107 Å². The lowest BCUT2D eigenvalue weighted by Crippen LogP contribution is -2.21. The van der Waals surface area contributed by atoms with Crippen molar-refractivity contribution >= 4 is 35.3 Å². The Morgan fingerprint density at radius 1 is 0.875 bits per heavy atom. The van der Waals surface area contributed by atoms with E-state index in [9.17, 15) is 27.9 Å². The number of fused-ring (bicyclic) bond motifs is 1. The van der Waals surface area contributed by atoms with Crippen LogP contribution in [0.15, 0.2) is 84.9 Å². The monoisotopic (exact) mass is 677 g/mol. The summed E-state index contributed by atoms with van der Waals surface area (Å²) < 4.78 is 48.0. The number of alkyl halides is 3. The van der Waals surface area contributed by atoms with Crippen molar-refractivity contribution in [2.75, 3.05) is 14.1 Å². The molecule has 0 unspecified atom stereocenters. The standard InChI is InChI=1S/C37H34F3N3O4.ClH/c1-42(2)35(44)25-12-18-31(23-8-14-28(15-9-23)37(38,39)40)27(20-25)22-47-30-16-10-24(11-17-30)34-41-32-21-26(36(45)46)13-19-33(32)43(34)29-6-4-3-5-7-29;/h8-21,29H,3-7,22H2,1-2H3,(H,45,46);1H. The number of benzene rings is 4. The Hall–Kier alpha value is -4.83. The minimum atomic E-state index is -4.44. The van der Waals surface area contributed by atoms with Crippen molar-refractivity contribution in [3.63, 3.8) is 0 Å². The molecule has 1 amide bonds. The van der Waals surface area contributed by atoms with Crippen LogP contribution < -0.4 is 4.74 Å². The normalized spacial score (nSPS) is 13.6. The summed E-state index contributed by atoms with van der Waals surface area (Å²) in [5.41, 5.74) is 4.16. The third-order valence-corrected chi connectivity index (χ3v) is 8.66. The second-order valence-electron chi connectivity index (χ2n) is 12.1. The highest BCUT2D eigenvalue weighted by Gasteiger charge is 2.30. The van der Waals surface area contributed by atoms with Crippen molar-refractivity contribution in [1.29, 1.82) is 0 Å². The minimum absolute atomic E-state index is 0. The number of rotatable bonds is 8. The molecule has 0 aliphatic heterocycles. The maximum atomic E-state index is 13.2. The second-order valence-corrected chi connectivity index (χ2v) is 12.1. The number of imidazole rings is 1. The van der Waals surface area contributed by atoms with Gasteiger partial charge in [-0.1, -0.05) is 37.5 Å². The summed E-state index contributed by atoms with van der Waals surface area (Å²) in [6.07, 6.45) is 1.05. The van der Waals surface area contributed by atoms with Gasteiger partial charge in [-0.15, -0.1) is 12.4 Å². The van der Waals surface area contributed by atoms with Gasteiger partial charge >= 0.3 is 12.1 Å². The smallest absolute Gasteiger partial charge is 0.416 e. The van der Waals surface area contributed by atoms with Gasteiger partial charge in [-0.3, -0.25) is 4.79 Å². The molecule has 1 fully saturated rings. The lowest BCUT2D eigenvalue weighted by Gasteiger charge is -2.25. The summed E-state index contributed by atoms with van der Waals surface area (Å²) >= 11 is 0. The molecule has 0 atom stereocenters. The molecule has 0 saturated heterocycles. The molecule has 7 nitrogen and oxygen atoms in total. The van der Waals surface area contributed by atoms with Crippen LogP contribution in [0.25, 0.3) is 33.5 Å². The highest BCUT2D eigenvalue weighted by Crippen LogP contribution is 2.37. The van der Waals surface area contributed by atoms with E-state index in [2.05, 4.69) is 4.57 Å². The summed E-state index contributed by atoms with van der Waals surface area (Å²) in [6.45, 7) is 0.0722. The molecular formula is C37H35ClF3N3O4. The van der Waals surface area contributed by atoms with Crippen LogP contribution in [0.1, 0.15) is 70.0 Å². The summed E-state index contributed by atoms with van der Waals surface area (Å²) in [5, 5.41) is 9.53. The molecule has 0 spiro atoms. The van der Waals surface area contributed by atoms with E-state index in [1.54, 1.807) is 44.4 Å². The van der Waals surface area contributed by atoms with Crippen molar-refractivity contribution in [3.8, 4) is 28.3 Å². The van der Waals surface area contributed by atoms with Gasteiger partial charge in [-0.2, -0.15) is 13.2 Å². The predicted molar refractivity (Wildman–Crippen MR) is 181 cm³/mol. The van der Waals surface area contributed by atoms with E-state index >= 15 is 0 Å². The minimum Gasteiger partial charge on any atom is -0.489 e. The number of ether oxygens (including phenoxy) is 1. The fraction of sp³-hybridized carbons (Fsp3) is 0.270. The zero-order chi connectivity index (χ0) is 33.3. The average Bonchev–Trinajstić information content (AvgIpc) is 3.46. The number of aromatic nitrogens is 2. The molecule has 11 heteroatoms. The van der Waals surface area contributed by atoms with Crippen molar-refractivity contribution < 1.29 is 32.6 Å². The van der Waals surface area contributed by atoms with Gasteiger partial charge in [0, 0.05) is 31.3 Å². The molecule has 6 rings (SSSR count). The SMILES string of the molecule is CN(C)C(=O)c1ccc(-c2ccc(C(F)(F)F)cc2)c(COc2ccc(-c3nc4cc(C(=O)O)ccc4n3C3CCCCC3)cc2)c1.Cl. The molecule has 0 bridgehead atoms. The lowest BCUT2D eigenvalue weighted by molar-refractivity contribution is -0.137. The van der Waals surface area contributed by atoms with Crippen LogP contribution in [0.2, 0.25) is 0 Å². The molecule has 1 aliphatic rings. The number of hydrogen-bond acceptors (Lipinski definition) is 4. The number of amides is 1. The van der Waals surface area contributed by atoms with Crippen LogP contribution in [0.5, 0.6) is 5.75 Å². The Balaban J connectivity index is 0.00000451. The van der Waals surface area contributed by atoms with E-state index in [0.29, 0.717) is 33.5 Å². The second kappa shape index (κ2) is 14.1. The Bertz CT molecular complexity index is 1930. The zero-order valence-corrected chi connectivity index (χ0v) is 27.3. The fourth-order valence-corrected chi connectivity index (χ4v) is 6.23. The molecule has 1 heterocycles. The molecule has 1 N–H and O–H groups in total. The van der Waals surface area contributed by atoms with Crippen LogP contribution in [-0.2, 0) is 12.8 Å². The first-order chi connectivity index (χ1) is 22.5. The van der Waals surface area contributed by atoms with Crippen molar-refractivity contribution in [2.45, 2.75) is 50.9 Å². The number of aromatic carboxylic acids is 1. The number of carboxylic acid groups (broad SMARTS) is 1. The largest absolute Gasteiger partial charge is 0.489 e. The Labute approximate surface area is 282 Å². The third-order valence-electron chi connectivity index (χ3n) is 8.66. The lowest BCUT2D eigenvalue weighted by atomic mass is 9.95. The predicted octanol–water partition coefficient (Wildman–Crippen LogP) is 9.30. The number of carboxylic acids is 1. The fourth-order valence-electron chi connectivity index (χ4n) is 6.23. The van der Waals surface area contributed by atoms with Gasteiger partial charge in [0.05, 0.1) is 22.2 Å². The van der Waals surface area contributed by atoms with Gasteiger partial charge in [-0.05, 0) is 96.3 Å². The van der Waals surface area contributed by atoms with Crippen molar-refractivity contribution in [2.24, 2.45) is 0 Å². The van der Waals surface area contributed by atoms with E-state index in [4.69, 9.17) is 9.72 Å². The molecule has 48 heavy (non-hydrogen) atoms. The van der Waals surface area contributed by atoms with Gasteiger partial charge in [0.1, 0.15) is 18.2 Å². The molecule has 1 saturated carbocycles. The molecule has 1 aromatic heterocycles. The van der Waals surface area contributed by atoms with Crippen LogP contribution in [0, 0.1) is 0 Å². The van der Waals surface area contributed by atoms with Crippen LogP contribution in [-0.4, -0.2) is 45.5 Å². The first-order valence-electron chi connectivity index (χ1n) is 15.5. The highest BCUT2D eigenvalue weighted by molar-refractivity contribution is 5.95. The highest BCUT2D eigenvalue weighted by atomic mass is 35.5. The number of hydrogen-bond donors (Lipinski definition) is 1. The molecule has 5 aromatic rings. The van der Waals surface area contributed by atoms with Gasteiger partial charge in [0.25, 0.3) is 5.91 Å². The Morgan fingerprint density at radius 3 is 2.15 bits per heavy atom. The van der Waals surface area contributed by atoms with Crippen LogP contribution in [0.3, 0.4) is 0 Å². The van der Waals surface area contributed by atoms with E-state index in [-0.39, 0.29) is 36.5 Å². The number of carbonyl (C=O) groups is 2. The first kappa shape index (κ1) is 34.5. The summed E-state index contributed by atoms with van der Waals surface area (Å²) in [6, 6.07) is 22.8. The molecule has 4 aromatic carbocycles. The third kappa shape index (κ3) is 7.18. The number of carbonyl (C=O) groups excluding carboxylic acids is 1. The average molecular weight is 678 g/mol. The maximum Gasteiger partial charge on any atom is 0.416 e. The summed E-state index contributed by atoms with van der Waals surface area (Å²) in [5.74, 6) is 0.122. The molecule has 0 radical (unpaired) electrons. The van der Waals surface area contributed by atoms with Gasteiger partial charge in [-0.25, -0.2) is 9.78 Å². The number of halogens is 4. The molecule has 1 aliphatic carbocycles. The summed E-state index contributed by atoms with van der Waals surface area (Å²) in [7, 11) is 3.30. The van der Waals surface area contributed by atoms with Crippen LogP contribution in [0.4, 0.5) is 13.2 Å². The zero-order valence-electron chi connectivity index (χ0n) is 26.5.